The lowest BCUT2D eigenvalue weighted by Crippen LogP contribution is -2.48. The van der Waals surface area contributed by atoms with Crippen molar-refractivity contribution in [3.8, 4) is 0 Å². The number of para-hydroxylation sites is 1. The van der Waals surface area contributed by atoms with Crippen molar-refractivity contribution < 1.29 is 4.79 Å². The van der Waals surface area contributed by atoms with Crippen molar-refractivity contribution >= 4 is 11.6 Å². The summed E-state index contributed by atoms with van der Waals surface area (Å²) in [6.45, 7) is 4.21. The Morgan fingerprint density at radius 2 is 2.05 bits per heavy atom. The molecular weight excluding hydrogens is 236 g/mol. The number of nitrogens with zero attached hydrogens (tertiary/aromatic N) is 1. The first-order valence-electron chi connectivity index (χ1n) is 7.24. The van der Waals surface area contributed by atoms with Gasteiger partial charge in [0.1, 0.15) is 0 Å². The van der Waals surface area contributed by atoms with Crippen molar-refractivity contribution in [1.82, 2.24) is 4.90 Å². The molecule has 0 aromatic heterocycles. The number of anilines is 1. The van der Waals surface area contributed by atoms with E-state index in [-0.39, 0.29) is 5.91 Å². The zero-order chi connectivity index (χ0) is 13.8. The number of carbonyl (C=O) groups is 1. The minimum absolute atomic E-state index is 0.267. The highest BCUT2D eigenvalue weighted by Gasteiger charge is 2.30. The summed E-state index contributed by atoms with van der Waals surface area (Å²) in [6, 6.07) is 8.57. The van der Waals surface area contributed by atoms with Gasteiger partial charge in [0.25, 0.3) is 0 Å². The molecule has 0 atom stereocenters. The molecule has 1 aromatic rings. The Labute approximate surface area is 115 Å². The smallest absolute Gasteiger partial charge is 0.223 e. The average molecular weight is 260 g/mol. The maximum atomic E-state index is 12.4. The highest BCUT2D eigenvalue weighted by Crippen LogP contribution is 2.27. The van der Waals surface area contributed by atoms with Crippen LogP contribution in [0.15, 0.2) is 24.3 Å². The lowest BCUT2D eigenvalue weighted by molar-refractivity contribution is -0.137. The van der Waals surface area contributed by atoms with Crippen LogP contribution >= 0.6 is 0 Å². The number of aryl methyl sites for hydroxylation is 1. The van der Waals surface area contributed by atoms with Crippen molar-refractivity contribution in [2.24, 2.45) is 0 Å². The van der Waals surface area contributed by atoms with Crippen molar-refractivity contribution in [1.29, 1.82) is 0 Å². The number of benzene rings is 1. The van der Waals surface area contributed by atoms with Crippen LogP contribution in [0.25, 0.3) is 0 Å². The summed E-state index contributed by atoms with van der Waals surface area (Å²) in [4.78, 5) is 14.5. The summed E-state index contributed by atoms with van der Waals surface area (Å²) in [5, 5.41) is 0. The third kappa shape index (κ3) is 3.28. The van der Waals surface area contributed by atoms with Crippen molar-refractivity contribution in [2.75, 3.05) is 5.73 Å². The Morgan fingerprint density at radius 3 is 2.58 bits per heavy atom. The van der Waals surface area contributed by atoms with Gasteiger partial charge in [0, 0.05) is 24.2 Å². The summed E-state index contributed by atoms with van der Waals surface area (Å²) in [6.07, 6.45) is 4.88. The van der Waals surface area contributed by atoms with E-state index in [1.54, 1.807) is 0 Å². The van der Waals surface area contributed by atoms with Gasteiger partial charge < -0.3 is 10.6 Å². The molecule has 1 aromatic carbocycles. The average Bonchev–Trinajstić information content (AvgIpc) is 2.31. The van der Waals surface area contributed by atoms with Gasteiger partial charge in [-0.15, -0.1) is 0 Å². The van der Waals surface area contributed by atoms with Gasteiger partial charge in [0.2, 0.25) is 5.91 Å². The van der Waals surface area contributed by atoms with E-state index in [1.165, 1.54) is 6.42 Å². The Balaban J connectivity index is 1.94. The van der Waals surface area contributed by atoms with E-state index in [4.69, 9.17) is 5.73 Å². The Bertz CT molecular complexity index is 438. The highest BCUT2D eigenvalue weighted by atomic mass is 16.2. The largest absolute Gasteiger partial charge is 0.399 e. The molecule has 104 valence electrons. The maximum Gasteiger partial charge on any atom is 0.223 e. The maximum absolute atomic E-state index is 12.4. The van der Waals surface area contributed by atoms with Crippen molar-refractivity contribution in [3.63, 3.8) is 0 Å². The molecule has 0 radical (unpaired) electrons. The zero-order valence-corrected chi connectivity index (χ0v) is 11.9. The number of hydrogen-bond donors (Lipinski definition) is 1. The molecule has 3 nitrogen and oxygen atoms in total. The molecule has 1 fully saturated rings. The molecule has 0 spiro atoms. The van der Waals surface area contributed by atoms with Crippen molar-refractivity contribution in [3.05, 3.63) is 29.8 Å². The third-order valence-corrected chi connectivity index (χ3v) is 3.98. The van der Waals surface area contributed by atoms with Crippen LogP contribution in [-0.4, -0.2) is 22.9 Å². The van der Waals surface area contributed by atoms with Gasteiger partial charge in [-0.3, -0.25) is 4.79 Å². The molecule has 1 amide bonds. The second-order valence-corrected chi connectivity index (χ2v) is 5.68. The van der Waals surface area contributed by atoms with E-state index >= 15 is 0 Å². The monoisotopic (exact) mass is 260 g/mol. The van der Waals surface area contributed by atoms with E-state index in [9.17, 15) is 4.79 Å². The first kappa shape index (κ1) is 13.9. The molecule has 2 rings (SSSR count). The molecule has 19 heavy (non-hydrogen) atoms. The zero-order valence-electron chi connectivity index (χ0n) is 11.9. The molecule has 0 bridgehead atoms. The fourth-order valence-corrected chi connectivity index (χ4v) is 2.71. The number of nitrogen functional groups attached to an aromatic ring is 1. The quantitative estimate of drug-likeness (QED) is 0.827. The SMILES string of the molecule is CC(C)N(C(=O)CCc1ccccc1N)C1CCC1. The molecule has 1 aliphatic rings. The predicted molar refractivity (Wildman–Crippen MR) is 78.8 cm³/mol. The van der Waals surface area contributed by atoms with Gasteiger partial charge in [-0.05, 0) is 51.2 Å². The molecule has 0 saturated heterocycles. The summed E-state index contributed by atoms with van der Waals surface area (Å²) >= 11 is 0. The molecule has 1 aliphatic carbocycles. The van der Waals surface area contributed by atoms with E-state index in [0.717, 1.165) is 30.5 Å². The van der Waals surface area contributed by atoms with E-state index in [1.807, 2.05) is 24.3 Å². The molecular formula is C16H24N2O. The molecule has 3 heteroatoms. The first-order chi connectivity index (χ1) is 9.09. The van der Waals surface area contributed by atoms with Crippen LogP contribution in [0.4, 0.5) is 5.69 Å². The highest BCUT2D eigenvalue weighted by molar-refractivity contribution is 5.77. The normalized spacial score (nSPS) is 15.3. The van der Waals surface area contributed by atoms with Crippen LogP contribution in [0.1, 0.15) is 45.1 Å². The Kier molecular flexibility index (Phi) is 4.46. The van der Waals surface area contributed by atoms with Gasteiger partial charge in [0.05, 0.1) is 0 Å². The molecule has 0 heterocycles. The number of carbonyl (C=O) groups excluding carboxylic acids is 1. The minimum Gasteiger partial charge on any atom is -0.399 e. The third-order valence-electron chi connectivity index (χ3n) is 3.98. The summed E-state index contributed by atoms with van der Waals surface area (Å²) in [5.74, 6) is 0.267. The molecule has 2 N–H and O–H groups in total. The van der Waals surface area contributed by atoms with E-state index in [2.05, 4.69) is 18.7 Å². The summed E-state index contributed by atoms with van der Waals surface area (Å²) < 4.78 is 0. The minimum atomic E-state index is 0.267. The van der Waals surface area contributed by atoms with Gasteiger partial charge in [0.15, 0.2) is 0 Å². The van der Waals surface area contributed by atoms with Gasteiger partial charge >= 0.3 is 0 Å². The lowest BCUT2D eigenvalue weighted by Gasteiger charge is -2.40. The van der Waals surface area contributed by atoms with Gasteiger partial charge in [-0.25, -0.2) is 0 Å². The number of hydrogen-bond acceptors (Lipinski definition) is 2. The van der Waals surface area contributed by atoms with Crippen LogP contribution in [-0.2, 0) is 11.2 Å². The molecule has 0 aliphatic heterocycles. The lowest BCUT2D eigenvalue weighted by atomic mass is 9.90. The molecule has 1 saturated carbocycles. The van der Waals surface area contributed by atoms with Gasteiger partial charge in [-0.1, -0.05) is 18.2 Å². The summed E-state index contributed by atoms with van der Waals surface area (Å²) in [7, 11) is 0. The fraction of sp³-hybridized carbons (Fsp3) is 0.562. The van der Waals surface area contributed by atoms with Crippen LogP contribution < -0.4 is 5.73 Å². The summed E-state index contributed by atoms with van der Waals surface area (Å²) in [5.41, 5.74) is 7.78. The van der Waals surface area contributed by atoms with Crippen LogP contribution in [0.5, 0.6) is 0 Å². The second kappa shape index (κ2) is 6.09. The van der Waals surface area contributed by atoms with Crippen LogP contribution in [0, 0.1) is 0 Å². The fourth-order valence-electron chi connectivity index (χ4n) is 2.71. The number of amides is 1. The van der Waals surface area contributed by atoms with E-state index in [0.29, 0.717) is 18.5 Å². The van der Waals surface area contributed by atoms with Crippen molar-refractivity contribution in [2.45, 2.75) is 58.0 Å². The number of nitrogens with two attached hydrogens (primary N) is 1. The van der Waals surface area contributed by atoms with Crippen LogP contribution in [0.3, 0.4) is 0 Å². The Hall–Kier alpha value is -1.51. The standard InChI is InChI=1S/C16H24N2O/c1-12(2)18(14-7-5-8-14)16(19)11-10-13-6-3-4-9-15(13)17/h3-4,6,9,12,14H,5,7-8,10-11,17H2,1-2H3. The van der Waals surface area contributed by atoms with E-state index < -0.39 is 0 Å². The van der Waals surface area contributed by atoms with Crippen LogP contribution in [0.2, 0.25) is 0 Å². The Morgan fingerprint density at radius 1 is 1.37 bits per heavy atom. The topological polar surface area (TPSA) is 46.3 Å². The molecule has 0 unspecified atom stereocenters. The van der Waals surface area contributed by atoms with Gasteiger partial charge in [-0.2, -0.15) is 0 Å². The first-order valence-corrected chi connectivity index (χ1v) is 7.24. The number of rotatable bonds is 5. The second-order valence-electron chi connectivity index (χ2n) is 5.68. The predicted octanol–water partition coefficient (Wildman–Crippen LogP) is 2.99.